The standard InChI is InChI=1S/C15H22F3NO/c1-2-3-4-5-6-11-20-13-9-7-12(8-10-13)14(19)15(16,17)18/h7-10,14H,2-6,11,19H2,1H3/t14-/m1/s1. The van der Waals surface area contributed by atoms with Crippen LogP contribution >= 0.6 is 0 Å². The highest BCUT2D eigenvalue weighted by Gasteiger charge is 2.37. The second-order valence-electron chi connectivity index (χ2n) is 4.85. The summed E-state index contributed by atoms with van der Waals surface area (Å²) >= 11 is 0. The molecule has 1 aromatic carbocycles. The van der Waals surface area contributed by atoms with Crippen molar-refractivity contribution in [3.63, 3.8) is 0 Å². The molecule has 5 heteroatoms. The molecule has 2 nitrogen and oxygen atoms in total. The van der Waals surface area contributed by atoms with Crippen molar-refractivity contribution in [2.24, 2.45) is 5.73 Å². The number of benzene rings is 1. The van der Waals surface area contributed by atoms with Crippen LogP contribution in [0.4, 0.5) is 13.2 Å². The highest BCUT2D eigenvalue weighted by atomic mass is 19.4. The highest BCUT2D eigenvalue weighted by Crippen LogP contribution is 2.31. The summed E-state index contributed by atoms with van der Waals surface area (Å²) < 4.78 is 42.8. The summed E-state index contributed by atoms with van der Waals surface area (Å²) in [5, 5.41) is 0. The molecule has 0 saturated carbocycles. The summed E-state index contributed by atoms with van der Waals surface area (Å²) in [5.74, 6) is 0.582. The first-order chi connectivity index (χ1) is 9.45. The molecular weight excluding hydrogens is 267 g/mol. The van der Waals surface area contributed by atoms with Crippen molar-refractivity contribution in [1.82, 2.24) is 0 Å². The Morgan fingerprint density at radius 3 is 2.20 bits per heavy atom. The zero-order chi connectivity index (χ0) is 15.0. The Kier molecular flexibility index (Phi) is 6.85. The zero-order valence-electron chi connectivity index (χ0n) is 11.7. The van der Waals surface area contributed by atoms with E-state index in [4.69, 9.17) is 10.5 Å². The van der Waals surface area contributed by atoms with E-state index in [1.165, 1.54) is 43.5 Å². The summed E-state index contributed by atoms with van der Waals surface area (Å²) in [6.45, 7) is 2.75. The van der Waals surface area contributed by atoms with Crippen LogP contribution in [0.3, 0.4) is 0 Å². The van der Waals surface area contributed by atoms with Crippen molar-refractivity contribution >= 4 is 0 Å². The average Bonchev–Trinajstić information content (AvgIpc) is 2.41. The highest BCUT2D eigenvalue weighted by molar-refractivity contribution is 5.29. The maximum atomic E-state index is 12.4. The van der Waals surface area contributed by atoms with Gasteiger partial charge in [-0.15, -0.1) is 0 Å². The van der Waals surface area contributed by atoms with Crippen LogP contribution in [0.5, 0.6) is 5.75 Å². The zero-order valence-corrected chi connectivity index (χ0v) is 11.7. The van der Waals surface area contributed by atoms with Gasteiger partial charge >= 0.3 is 6.18 Å². The molecule has 0 amide bonds. The van der Waals surface area contributed by atoms with Gasteiger partial charge in [0.15, 0.2) is 0 Å². The van der Waals surface area contributed by atoms with Crippen LogP contribution in [0.2, 0.25) is 0 Å². The van der Waals surface area contributed by atoms with Gasteiger partial charge in [-0.1, -0.05) is 44.7 Å². The van der Waals surface area contributed by atoms with Gasteiger partial charge in [0.25, 0.3) is 0 Å². The van der Waals surface area contributed by atoms with E-state index in [1.807, 2.05) is 0 Å². The summed E-state index contributed by atoms with van der Waals surface area (Å²) in [5.41, 5.74) is 5.17. The van der Waals surface area contributed by atoms with Crippen molar-refractivity contribution in [2.45, 2.75) is 51.2 Å². The largest absolute Gasteiger partial charge is 0.494 e. The Hall–Kier alpha value is -1.23. The second-order valence-corrected chi connectivity index (χ2v) is 4.85. The summed E-state index contributed by atoms with van der Waals surface area (Å²) in [6, 6.07) is 3.86. The number of hydrogen-bond acceptors (Lipinski definition) is 2. The second kappa shape index (κ2) is 8.15. The van der Waals surface area contributed by atoms with Gasteiger partial charge in [-0.3, -0.25) is 0 Å². The van der Waals surface area contributed by atoms with Crippen LogP contribution < -0.4 is 10.5 Å². The van der Waals surface area contributed by atoms with E-state index >= 15 is 0 Å². The fourth-order valence-electron chi connectivity index (χ4n) is 1.86. The maximum Gasteiger partial charge on any atom is 0.407 e. The van der Waals surface area contributed by atoms with E-state index in [0.717, 1.165) is 12.8 Å². The van der Waals surface area contributed by atoms with Gasteiger partial charge in [-0.25, -0.2) is 0 Å². The quantitative estimate of drug-likeness (QED) is 0.710. The lowest BCUT2D eigenvalue weighted by atomic mass is 10.1. The number of hydrogen-bond donors (Lipinski definition) is 1. The molecule has 1 atom stereocenters. The van der Waals surface area contributed by atoms with Crippen LogP contribution in [0.1, 0.15) is 50.6 Å². The Morgan fingerprint density at radius 1 is 1.05 bits per heavy atom. The normalized spacial score (nSPS) is 13.2. The number of halogens is 3. The van der Waals surface area contributed by atoms with Crippen LogP contribution in [0.15, 0.2) is 24.3 Å². The monoisotopic (exact) mass is 289 g/mol. The van der Waals surface area contributed by atoms with Gasteiger partial charge in [0.05, 0.1) is 6.61 Å². The SMILES string of the molecule is CCCCCCCOc1ccc([C@@H](N)C(F)(F)F)cc1. The van der Waals surface area contributed by atoms with Crippen molar-refractivity contribution in [2.75, 3.05) is 6.61 Å². The molecule has 0 aromatic heterocycles. The molecule has 0 saturated heterocycles. The Morgan fingerprint density at radius 2 is 1.65 bits per heavy atom. The van der Waals surface area contributed by atoms with Crippen LogP contribution in [0.25, 0.3) is 0 Å². The molecule has 20 heavy (non-hydrogen) atoms. The molecule has 0 aliphatic heterocycles. The lowest BCUT2D eigenvalue weighted by Crippen LogP contribution is -2.28. The first-order valence-corrected chi connectivity index (χ1v) is 7.00. The Labute approximate surface area is 118 Å². The number of alkyl halides is 3. The summed E-state index contributed by atoms with van der Waals surface area (Å²) in [4.78, 5) is 0. The molecule has 1 rings (SSSR count). The number of unbranched alkanes of at least 4 members (excludes halogenated alkanes) is 4. The molecule has 0 aliphatic rings. The smallest absolute Gasteiger partial charge is 0.407 e. The Balaban J connectivity index is 2.36. The van der Waals surface area contributed by atoms with Crippen molar-refractivity contribution in [1.29, 1.82) is 0 Å². The minimum atomic E-state index is -4.42. The van der Waals surface area contributed by atoms with E-state index in [0.29, 0.717) is 12.4 Å². The van der Waals surface area contributed by atoms with Gasteiger partial charge in [0.1, 0.15) is 11.8 Å². The molecule has 0 bridgehead atoms. The first-order valence-electron chi connectivity index (χ1n) is 7.00. The average molecular weight is 289 g/mol. The predicted octanol–water partition coefficient (Wildman–Crippen LogP) is 4.60. The molecule has 0 aliphatic carbocycles. The number of nitrogens with two attached hydrogens (primary N) is 1. The minimum Gasteiger partial charge on any atom is -0.494 e. The number of ether oxygens (including phenoxy) is 1. The van der Waals surface area contributed by atoms with Crippen LogP contribution in [-0.2, 0) is 0 Å². The third-order valence-corrected chi connectivity index (χ3v) is 3.11. The van der Waals surface area contributed by atoms with E-state index in [-0.39, 0.29) is 5.56 Å². The fraction of sp³-hybridized carbons (Fsp3) is 0.600. The molecule has 0 fully saturated rings. The molecule has 1 aromatic rings. The van der Waals surface area contributed by atoms with Gasteiger partial charge in [0, 0.05) is 0 Å². The maximum absolute atomic E-state index is 12.4. The topological polar surface area (TPSA) is 35.2 Å². The lowest BCUT2D eigenvalue weighted by Gasteiger charge is -2.16. The van der Waals surface area contributed by atoms with Crippen LogP contribution in [-0.4, -0.2) is 12.8 Å². The molecular formula is C15H22F3NO. The molecule has 0 spiro atoms. The van der Waals surface area contributed by atoms with E-state index < -0.39 is 12.2 Å². The van der Waals surface area contributed by atoms with Gasteiger partial charge in [-0.05, 0) is 24.1 Å². The van der Waals surface area contributed by atoms with Crippen molar-refractivity contribution < 1.29 is 17.9 Å². The number of rotatable bonds is 8. The van der Waals surface area contributed by atoms with Gasteiger partial charge in [0.2, 0.25) is 0 Å². The van der Waals surface area contributed by atoms with Crippen molar-refractivity contribution in [3.05, 3.63) is 29.8 Å². The fourth-order valence-corrected chi connectivity index (χ4v) is 1.86. The summed E-state index contributed by atoms with van der Waals surface area (Å²) in [7, 11) is 0. The van der Waals surface area contributed by atoms with Gasteiger partial charge in [-0.2, -0.15) is 13.2 Å². The third kappa shape index (κ3) is 5.82. The van der Waals surface area contributed by atoms with E-state index in [2.05, 4.69) is 6.92 Å². The summed E-state index contributed by atoms with van der Waals surface area (Å²) in [6.07, 6.45) is 1.28. The lowest BCUT2D eigenvalue weighted by molar-refractivity contribution is -0.149. The third-order valence-electron chi connectivity index (χ3n) is 3.11. The predicted molar refractivity (Wildman–Crippen MR) is 73.7 cm³/mol. The molecule has 0 unspecified atom stereocenters. The van der Waals surface area contributed by atoms with Crippen LogP contribution in [0, 0.1) is 0 Å². The first kappa shape index (κ1) is 16.8. The molecule has 0 radical (unpaired) electrons. The van der Waals surface area contributed by atoms with Crippen molar-refractivity contribution in [3.8, 4) is 5.75 Å². The van der Waals surface area contributed by atoms with E-state index in [9.17, 15) is 13.2 Å². The van der Waals surface area contributed by atoms with E-state index in [1.54, 1.807) is 0 Å². The minimum absolute atomic E-state index is 0.0489. The van der Waals surface area contributed by atoms with Gasteiger partial charge < -0.3 is 10.5 Å². The molecule has 114 valence electrons. The molecule has 0 heterocycles. The Bertz CT molecular complexity index is 376. The molecule has 2 N–H and O–H groups in total.